The number of benzene rings is 1. The van der Waals surface area contributed by atoms with Gasteiger partial charge in [0.15, 0.2) is 11.9 Å². The zero-order chi connectivity index (χ0) is 41.5. The van der Waals surface area contributed by atoms with Crippen LogP contribution < -0.4 is 5.32 Å². The lowest BCUT2D eigenvalue weighted by atomic mass is 9.82. The number of thiazole rings is 1. The molecule has 2 aromatic rings. The number of hydrogen-bond acceptors (Lipinski definition) is 9. The van der Waals surface area contributed by atoms with Gasteiger partial charge >= 0.3 is 11.9 Å². The van der Waals surface area contributed by atoms with Crippen LogP contribution >= 0.6 is 11.3 Å². The number of hydrogen-bond donors (Lipinski definition) is 2. The molecule has 0 bridgehead atoms. The molecule has 7 atom stereocenters. The number of carboxylic acids is 1. The molecule has 0 saturated carbocycles. The zero-order valence-electron chi connectivity index (χ0n) is 34.7. The van der Waals surface area contributed by atoms with Crippen molar-refractivity contribution in [1.29, 1.82) is 0 Å². The van der Waals surface area contributed by atoms with Crippen molar-refractivity contribution in [3.63, 3.8) is 0 Å². The predicted molar refractivity (Wildman–Crippen MR) is 223 cm³/mol. The smallest absolute Gasteiger partial charge is 0.306 e. The van der Waals surface area contributed by atoms with Gasteiger partial charge < -0.3 is 20.1 Å². The van der Waals surface area contributed by atoms with E-state index in [9.17, 15) is 33.5 Å². The number of carbonyl (C=O) groups is 5. The van der Waals surface area contributed by atoms with E-state index in [4.69, 9.17) is 4.74 Å². The number of ether oxygens (including phenoxy) is 1. The number of unbranched alkanes of at least 4 members (excludes halogenated alkanes) is 2. The van der Waals surface area contributed by atoms with E-state index in [0.29, 0.717) is 11.6 Å². The lowest BCUT2D eigenvalue weighted by molar-refractivity contribution is -0.150. The van der Waals surface area contributed by atoms with Gasteiger partial charge in [0.1, 0.15) is 16.5 Å². The first-order chi connectivity index (χ1) is 26.6. The highest BCUT2D eigenvalue weighted by molar-refractivity contribution is 7.09. The molecule has 0 spiro atoms. The standard InChI is InChI=1S/C43H65FN4O7S.CH4/c1-9-11-13-21-48(42(52)34(28(5)10-2)24-38(50)36-15-12-14-20-47(36)8)37(27(3)4)25-39(55-30(7)49)41-46-35(26-56-41)40(51)45-33(22-29(6)43(53)54)23-31-16-18-32(44)19-17-31;/h16-19,26-29,33-34,36-37,39H,9-15,20-25H2,1-8H3,(H,45,51)(H,53,54);1H4/t28-,29-,33+,34?,36?,37+,39+;/m0./s1. The summed E-state index contributed by atoms with van der Waals surface area (Å²) in [4.78, 5) is 75.1. The lowest BCUT2D eigenvalue weighted by Gasteiger charge is -2.40. The Morgan fingerprint density at radius 3 is 2.32 bits per heavy atom. The Hall–Kier alpha value is -3.71. The van der Waals surface area contributed by atoms with Gasteiger partial charge in [0.25, 0.3) is 5.91 Å². The highest BCUT2D eigenvalue weighted by atomic mass is 32.1. The summed E-state index contributed by atoms with van der Waals surface area (Å²) in [6.07, 6.45) is 6.32. The van der Waals surface area contributed by atoms with Gasteiger partial charge in [-0.3, -0.25) is 28.9 Å². The van der Waals surface area contributed by atoms with Crippen LogP contribution in [0.4, 0.5) is 4.39 Å². The molecule has 0 aliphatic carbocycles. The number of aromatic nitrogens is 1. The summed E-state index contributed by atoms with van der Waals surface area (Å²) in [5, 5.41) is 14.5. The highest BCUT2D eigenvalue weighted by Crippen LogP contribution is 2.34. The van der Waals surface area contributed by atoms with Gasteiger partial charge in [-0.2, -0.15) is 0 Å². The molecule has 1 saturated heterocycles. The zero-order valence-corrected chi connectivity index (χ0v) is 35.5. The Morgan fingerprint density at radius 2 is 1.74 bits per heavy atom. The van der Waals surface area contributed by atoms with Gasteiger partial charge in [-0.15, -0.1) is 11.3 Å². The molecule has 57 heavy (non-hydrogen) atoms. The number of Topliss-reactive ketones (excluding diaryl/α,β-unsaturated/α-hetero) is 1. The molecule has 1 aromatic carbocycles. The van der Waals surface area contributed by atoms with E-state index in [1.807, 2.05) is 39.6 Å². The van der Waals surface area contributed by atoms with Crippen molar-refractivity contribution in [2.75, 3.05) is 20.1 Å². The molecule has 13 heteroatoms. The Kier molecular flexibility index (Phi) is 21.0. The molecule has 2 heterocycles. The monoisotopic (exact) mass is 816 g/mol. The maximum absolute atomic E-state index is 14.8. The van der Waals surface area contributed by atoms with Crippen molar-refractivity contribution in [3.8, 4) is 0 Å². The van der Waals surface area contributed by atoms with Gasteiger partial charge in [0.05, 0.1) is 12.0 Å². The van der Waals surface area contributed by atoms with Crippen LogP contribution in [0.2, 0.25) is 0 Å². The van der Waals surface area contributed by atoms with Gasteiger partial charge in [0, 0.05) is 49.7 Å². The summed E-state index contributed by atoms with van der Waals surface area (Å²) in [6, 6.07) is 4.72. The second-order valence-corrected chi connectivity index (χ2v) is 17.0. The Bertz CT molecular complexity index is 1580. The molecule has 1 fully saturated rings. The van der Waals surface area contributed by atoms with Crippen LogP contribution in [0.3, 0.4) is 0 Å². The van der Waals surface area contributed by atoms with Gasteiger partial charge in [0.2, 0.25) is 5.91 Å². The van der Waals surface area contributed by atoms with Crippen molar-refractivity contribution in [3.05, 3.63) is 51.7 Å². The first-order valence-corrected chi connectivity index (χ1v) is 21.4. The molecule has 2 N–H and O–H groups in total. The summed E-state index contributed by atoms with van der Waals surface area (Å²) in [7, 11) is 1.99. The molecule has 1 aromatic heterocycles. The van der Waals surface area contributed by atoms with Crippen LogP contribution in [-0.2, 0) is 30.3 Å². The van der Waals surface area contributed by atoms with Gasteiger partial charge in [-0.25, -0.2) is 9.37 Å². The average molecular weight is 817 g/mol. The molecule has 320 valence electrons. The maximum Gasteiger partial charge on any atom is 0.306 e. The second kappa shape index (κ2) is 24.3. The van der Waals surface area contributed by atoms with Crippen molar-refractivity contribution in [2.24, 2.45) is 23.7 Å². The Morgan fingerprint density at radius 1 is 1.05 bits per heavy atom. The number of ketones is 1. The number of halogens is 1. The third-order valence-electron chi connectivity index (χ3n) is 11.3. The first-order valence-electron chi connectivity index (χ1n) is 20.5. The minimum Gasteiger partial charge on any atom is -0.481 e. The highest BCUT2D eigenvalue weighted by Gasteiger charge is 2.39. The number of likely N-dealkylation sites (N-methyl/N-ethyl adjacent to an activating group) is 1. The van der Waals surface area contributed by atoms with Crippen LogP contribution in [0.25, 0.3) is 0 Å². The summed E-state index contributed by atoms with van der Waals surface area (Å²) in [6.45, 7) is 14.5. The van der Waals surface area contributed by atoms with Crippen molar-refractivity contribution < 1.29 is 38.2 Å². The molecular formula is C44H69FN4O7S. The first kappa shape index (κ1) is 49.4. The van der Waals surface area contributed by atoms with E-state index < -0.39 is 47.6 Å². The maximum atomic E-state index is 14.8. The number of carboxylic acid groups (broad SMARTS) is 1. The molecule has 1 aliphatic heterocycles. The molecule has 0 radical (unpaired) electrons. The number of nitrogens with zero attached hydrogens (tertiary/aromatic N) is 3. The summed E-state index contributed by atoms with van der Waals surface area (Å²) in [5.41, 5.74) is 0.830. The topological polar surface area (TPSA) is 146 Å². The van der Waals surface area contributed by atoms with Crippen molar-refractivity contribution >= 4 is 40.9 Å². The number of nitrogens with one attached hydrogen (secondary N) is 1. The third kappa shape index (κ3) is 15.2. The summed E-state index contributed by atoms with van der Waals surface area (Å²) < 4.78 is 19.5. The number of carbonyl (C=O) groups excluding carboxylic acids is 4. The summed E-state index contributed by atoms with van der Waals surface area (Å²) >= 11 is 1.18. The van der Waals surface area contributed by atoms with E-state index in [1.165, 1.54) is 30.4 Å². The largest absolute Gasteiger partial charge is 0.481 e. The van der Waals surface area contributed by atoms with Crippen LogP contribution in [0.15, 0.2) is 29.6 Å². The number of aliphatic carboxylic acids is 1. The van der Waals surface area contributed by atoms with Crippen molar-refractivity contribution in [1.82, 2.24) is 20.1 Å². The normalized spacial score (nSPS) is 17.7. The number of amides is 2. The molecular weight excluding hydrogens is 748 g/mol. The predicted octanol–water partition coefficient (Wildman–Crippen LogP) is 8.51. The van der Waals surface area contributed by atoms with Crippen molar-refractivity contribution in [2.45, 2.75) is 151 Å². The number of esters is 1. The molecule has 2 unspecified atom stereocenters. The number of piperidine rings is 1. The SMILES string of the molecule is C.CCCCCN(C(=O)C(CC(=O)C1CCCCN1C)[C@@H](C)CC)[C@H](C[C@@H](OC(C)=O)c1nc(C(=O)N[C@@H](Cc2ccc(F)cc2)C[C@H](C)C(=O)O)cs1)C(C)C. The fraction of sp³-hybridized carbons (Fsp3) is 0.682. The van der Waals surface area contributed by atoms with E-state index in [2.05, 4.69) is 22.1 Å². The lowest BCUT2D eigenvalue weighted by Crippen LogP contribution is -2.50. The number of rotatable bonds is 23. The van der Waals surface area contributed by atoms with Crippen LogP contribution in [0.5, 0.6) is 0 Å². The number of likely N-dealkylation sites (tertiary alicyclic amines) is 1. The minimum absolute atomic E-state index is 0. The fourth-order valence-corrected chi connectivity index (χ4v) is 8.48. The average Bonchev–Trinajstić information content (AvgIpc) is 3.65. The molecule has 3 rings (SSSR count). The molecule has 11 nitrogen and oxygen atoms in total. The van der Waals surface area contributed by atoms with E-state index in [1.54, 1.807) is 24.4 Å². The Balaban J connectivity index is 0.0000112. The molecule has 2 amide bonds. The minimum atomic E-state index is -0.996. The summed E-state index contributed by atoms with van der Waals surface area (Å²) in [5.74, 6) is -3.66. The van der Waals surface area contributed by atoms with Crippen LogP contribution in [0, 0.1) is 29.5 Å². The van der Waals surface area contributed by atoms with Gasteiger partial charge in [-0.05, 0) is 75.2 Å². The fourth-order valence-electron chi connectivity index (χ4n) is 7.64. The van der Waals surface area contributed by atoms with Crippen LogP contribution in [-0.4, -0.2) is 87.7 Å². The van der Waals surface area contributed by atoms with E-state index in [-0.39, 0.29) is 74.4 Å². The van der Waals surface area contributed by atoms with Gasteiger partial charge in [-0.1, -0.05) is 86.8 Å². The third-order valence-corrected chi connectivity index (χ3v) is 12.2. The Labute approximate surface area is 344 Å². The van der Waals surface area contributed by atoms with E-state index >= 15 is 0 Å². The van der Waals surface area contributed by atoms with Crippen LogP contribution in [0.1, 0.15) is 147 Å². The molecule has 1 aliphatic rings. The second-order valence-electron chi connectivity index (χ2n) is 16.1. The van der Waals surface area contributed by atoms with E-state index in [0.717, 1.165) is 57.1 Å². The quantitative estimate of drug-likeness (QED) is 0.0833.